The summed E-state index contributed by atoms with van der Waals surface area (Å²) < 4.78 is 16.8. The maximum absolute atomic E-state index is 12.9. The van der Waals surface area contributed by atoms with Crippen LogP contribution in [0.25, 0.3) is 0 Å². The van der Waals surface area contributed by atoms with Gasteiger partial charge in [0.1, 0.15) is 13.2 Å². The standard InChI is InChI=1S/C67H114O6/c1-4-7-10-13-16-19-22-25-28-30-32-33-35-36-39-42-45-48-51-54-57-60-66(69)72-63-64(62-71-65(68)59-56-53-50-47-44-41-38-27-24-21-18-15-12-9-6-3)73-67(70)61-58-55-52-49-46-43-40-37-34-31-29-26-23-20-17-14-11-8-5-2/h8,11,17-18,20-21,26-27,29,34,37-38,43-44,46-47,64H,4-7,9-10,12-16,19,22-25,28,30-33,35-36,39-42,45,48-63H2,1-3H3/b11-8-,20-17-,21-18-,29-26-,37-34-,38-27-,46-43-,47-44-/t64-/m1/s1. The monoisotopic (exact) mass is 1010 g/mol. The zero-order valence-corrected chi connectivity index (χ0v) is 47.9. The summed E-state index contributed by atoms with van der Waals surface area (Å²) in [5.74, 6) is -0.966. The minimum Gasteiger partial charge on any atom is -0.462 e. The van der Waals surface area contributed by atoms with Gasteiger partial charge in [-0.25, -0.2) is 0 Å². The molecule has 0 aliphatic rings. The highest BCUT2D eigenvalue weighted by Gasteiger charge is 2.19. The highest BCUT2D eigenvalue weighted by molar-refractivity contribution is 5.71. The van der Waals surface area contributed by atoms with E-state index in [4.69, 9.17) is 14.2 Å². The van der Waals surface area contributed by atoms with Crippen molar-refractivity contribution in [1.29, 1.82) is 0 Å². The third kappa shape index (κ3) is 59.1. The summed E-state index contributed by atoms with van der Waals surface area (Å²) in [6, 6.07) is 0. The lowest BCUT2D eigenvalue weighted by Crippen LogP contribution is -2.30. The molecule has 0 radical (unpaired) electrons. The van der Waals surface area contributed by atoms with Crippen molar-refractivity contribution in [2.24, 2.45) is 0 Å². The lowest BCUT2D eigenvalue weighted by Gasteiger charge is -2.18. The van der Waals surface area contributed by atoms with Crippen molar-refractivity contribution in [1.82, 2.24) is 0 Å². The van der Waals surface area contributed by atoms with Crippen molar-refractivity contribution in [2.75, 3.05) is 13.2 Å². The molecule has 418 valence electrons. The predicted octanol–water partition coefficient (Wildman–Crippen LogP) is 20.9. The van der Waals surface area contributed by atoms with Crippen molar-refractivity contribution in [3.63, 3.8) is 0 Å². The number of esters is 3. The molecule has 0 saturated carbocycles. The molecule has 0 aromatic carbocycles. The molecule has 0 fully saturated rings. The van der Waals surface area contributed by atoms with Crippen LogP contribution in [0.15, 0.2) is 97.2 Å². The largest absolute Gasteiger partial charge is 0.462 e. The highest BCUT2D eigenvalue weighted by atomic mass is 16.6. The molecule has 0 heterocycles. The zero-order chi connectivity index (χ0) is 52.9. The Morgan fingerprint density at radius 2 is 0.534 bits per heavy atom. The van der Waals surface area contributed by atoms with Crippen molar-refractivity contribution < 1.29 is 28.6 Å². The molecular weight excluding hydrogens is 901 g/mol. The van der Waals surface area contributed by atoms with E-state index < -0.39 is 6.10 Å². The third-order valence-electron chi connectivity index (χ3n) is 13.1. The molecule has 0 spiro atoms. The third-order valence-corrected chi connectivity index (χ3v) is 13.1. The zero-order valence-electron chi connectivity index (χ0n) is 47.9. The van der Waals surface area contributed by atoms with Gasteiger partial charge in [0.25, 0.3) is 0 Å². The normalized spacial score (nSPS) is 12.8. The fourth-order valence-corrected chi connectivity index (χ4v) is 8.48. The molecule has 0 aromatic heterocycles. The Kier molecular flexibility index (Phi) is 57.8. The Balaban J connectivity index is 4.45. The first-order valence-electron chi connectivity index (χ1n) is 30.7. The number of carbonyl (C=O) groups is 3. The van der Waals surface area contributed by atoms with Gasteiger partial charge in [-0.05, 0) is 103 Å². The maximum Gasteiger partial charge on any atom is 0.306 e. The average Bonchev–Trinajstić information content (AvgIpc) is 3.39. The van der Waals surface area contributed by atoms with E-state index in [0.717, 1.165) is 109 Å². The van der Waals surface area contributed by atoms with E-state index in [1.165, 1.54) is 141 Å². The minimum absolute atomic E-state index is 0.102. The molecule has 6 heteroatoms. The first-order valence-corrected chi connectivity index (χ1v) is 30.7. The lowest BCUT2D eigenvalue weighted by atomic mass is 10.0. The summed E-state index contributed by atoms with van der Waals surface area (Å²) in [5, 5.41) is 0. The molecule has 0 bridgehead atoms. The molecule has 0 saturated heterocycles. The summed E-state index contributed by atoms with van der Waals surface area (Å²) in [7, 11) is 0. The van der Waals surface area contributed by atoms with E-state index in [1.54, 1.807) is 0 Å². The quantitative estimate of drug-likeness (QED) is 0.0261. The van der Waals surface area contributed by atoms with E-state index in [0.29, 0.717) is 12.8 Å². The van der Waals surface area contributed by atoms with Gasteiger partial charge >= 0.3 is 17.9 Å². The maximum atomic E-state index is 12.9. The number of hydrogen-bond acceptors (Lipinski definition) is 6. The van der Waals surface area contributed by atoms with Gasteiger partial charge < -0.3 is 14.2 Å². The number of ether oxygens (including phenoxy) is 3. The Bertz CT molecular complexity index is 1440. The van der Waals surface area contributed by atoms with Crippen molar-refractivity contribution >= 4 is 17.9 Å². The van der Waals surface area contributed by atoms with Gasteiger partial charge in [-0.3, -0.25) is 14.4 Å². The highest BCUT2D eigenvalue weighted by Crippen LogP contribution is 2.16. The van der Waals surface area contributed by atoms with Gasteiger partial charge in [-0.2, -0.15) is 0 Å². The predicted molar refractivity (Wildman–Crippen MR) is 316 cm³/mol. The van der Waals surface area contributed by atoms with Gasteiger partial charge in [0.05, 0.1) is 0 Å². The van der Waals surface area contributed by atoms with Crippen LogP contribution in [0.5, 0.6) is 0 Å². The van der Waals surface area contributed by atoms with Crippen LogP contribution in [0, 0.1) is 0 Å². The van der Waals surface area contributed by atoms with Gasteiger partial charge in [0.15, 0.2) is 6.10 Å². The second-order valence-electron chi connectivity index (χ2n) is 20.2. The fraction of sp³-hybridized carbons (Fsp3) is 0.716. The van der Waals surface area contributed by atoms with Crippen LogP contribution in [0.1, 0.15) is 290 Å². The van der Waals surface area contributed by atoms with E-state index in [-0.39, 0.29) is 37.5 Å². The van der Waals surface area contributed by atoms with Gasteiger partial charge in [0.2, 0.25) is 0 Å². The second-order valence-corrected chi connectivity index (χ2v) is 20.2. The molecule has 0 N–H and O–H groups in total. The molecular formula is C67H114O6. The summed E-state index contributed by atoms with van der Waals surface area (Å²) in [5.41, 5.74) is 0. The van der Waals surface area contributed by atoms with Crippen molar-refractivity contribution in [3.8, 4) is 0 Å². The van der Waals surface area contributed by atoms with E-state index in [1.807, 2.05) is 0 Å². The number of rotatable bonds is 55. The second kappa shape index (κ2) is 60.9. The molecule has 0 aliphatic carbocycles. The molecule has 6 nitrogen and oxygen atoms in total. The number of unbranched alkanes of at least 4 members (excludes halogenated alkanes) is 28. The smallest absolute Gasteiger partial charge is 0.306 e. The van der Waals surface area contributed by atoms with Crippen LogP contribution in [0.3, 0.4) is 0 Å². The topological polar surface area (TPSA) is 78.9 Å². The van der Waals surface area contributed by atoms with Crippen molar-refractivity contribution in [2.45, 2.75) is 297 Å². The van der Waals surface area contributed by atoms with Gasteiger partial charge in [-0.15, -0.1) is 0 Å². The fourth-order valence-electron chi connectivity index (χ4n) is 8.48. The lowest BCUT2D eigenvalue weighted by molar-refractivity contribution is -0.167. The Hall–Kier alpha value is -3.67. The van der Waals surface area contributed by atoms with E-state index in [2.05, 4.69) is 118 Å². The summed E-state index contributed by atoms with van der Waals surface area (Å²) in [6.45, 7) is 6.46. The molecule has 0 aromatic rings. The van der Waals surface area contributed by atoms with Crippen LogP contribution in [-0.4, -0.2) is 37.2 Å². The first kappa shape index (κ1) is 69.3. The summed E-state index contributed by atoms with van der Waals surface area (Å²) in [4.78, 5) is 38.2. The molecule has 73 heavy (non-hydrogen) atoms. The van der Waals surface area contributed by atoms with Crippen LogP contribution in [0.2, 0.25) is 0 Å². The first-order chi connectivity index (χ1) is 36.0. The van der Waals surface area contributed by atoms with Crippen LogP contribution in [-0.2, 0) is 28.6 Å². The SMILES string of the molecule is CC/C=C\C/C=C\C/C=C\C/C=C\C/C=C\CCCCCC(=O)O[C@H](COC(=O)CCCC/C=C\C/C=C\C/C=C\CCCCC)COC(=O)CCCCCCCCCCCCCCCCCCCCCCC. The van der Waals surface area contributed by atoms with Crippen LogP contribution < -0.4 is 0 Å². The molecule has 0 aliphatic heterocycles. The number of allylic oxidation sites excluding steroid dienone is 16. The van der Waals surface area contributed by atoms with Crippen LogP contribution >= 0.6 is 0 Å². The van der Waals surface area contributed by atoms with Gasteiger partial charge in [-0.1, -0.05) is 266 Å². The number of hydrogen-bond donors (Lipinski definition) is 0. The molecule has 0 unspecified atom stereocenters. The summed E-state index contributed by atoms with van der Waals surface area (Å²) in [6.07, 6.45) is 81.2. The molecule has 1 atom stereocenters. The minimum atomic E-state index is -0.811. The van der Waals surface area contributed by atoms with E-state index in [9.17, 15) is 14.4 Å². The van der Waals surface area contributed by atoms with Crippen molar-refractivity contribution in [3.05, 3.63) is 97.2 Å². The Morgan fingerprint density at radius 3 is 0.890 bits per heavy atom. The van der Waals surface area contributed by atoms with Crippen LogP contribution in [0.4, 0.5) is 0 Å². The average molecular weight is 1020 g/mol. The summed E-state index contributed by atoms with van der Waals surface area (Å²) >= 11 is 0. The Morgan fingerprint density at radius 1 is 0.288 bits per heavy atom. The number of carbonyl (C=O) groups excluding carboxylic acids is 3. The molecule has 0 rings (SSSR count). The Labute approximate surface area is 451 Å². The van der Waals surface area contributed by atoms with E-state index >= 15 is 0 Å². The molecule has 0 amide bonds. The van der Waals surface area contributed by atoms with Gasteiger partial charge in [0, 0.05) is 19.3 Å².